The molecular formula is C25H46BO10. The fourth-order valence-electron chi connectivity index (χ4n) is 3.02. The van der Waals surface area contributed by atoms with Crippen molar-refractivity contribution >= 4 is 20.4 Å². The van der Waals surface area contributed by atoms with Crippen LogP contribution < -0.4 is 0 Å². The van der Waals surface area contributed by atoms with Crippen LogP contribution in [0.15, 0.2) is 24.3 Å². The molecule has 3 fully saturated rings. The number of allylic oxidation sites excluding steroid dienone is 3. The van der Waals surface area contributed by atoms with E-state index in [-0.39, 0.29) is 27.0 Å². The summed E-state index contributed by atoms with van der Waals surface area (Å²) in [6, 6.07) is 0. The van der Waals surface area contributed by atoms with Crippen LogP contribution in [0.4, 0.5) is 0 Å². The molecule has 3 radical (unpaired) electrons. The van der Waals surface area contributed by atoms with Crippen LogP contribution >= 0.6 is 0 Å². The molecule has 11 heteroatoms. The molecule has 0 atom stereocenters. The van der Waals surface area contributed by atoms with E-state index in [1.165, 1.54) is 32.6 Å². The Kier molecular flexibility index (Phi) is 25.4. The number of carbonyl (C=O) groups is 2. The molecule has 0 saturated carbocycles. The zero-order valence-electron chi connectivity index (χ0n) is 22.6. The molecule has 209 valence electrons. The summed E-state index contributed by atoms with van der Waals surface area (Å²) >= 11 is 0. The molecule has 36 heavy (non-hydrogen) atoms. The second-order valence-corrected chi connectivity index (χ2v) is 8.53. The van der Waals surface area contributed by atoms with Crippen LogP contribution in [0.2, 0.25) is 0 Å². The molecule has 3 heterocycles. The number of aliphatic hydroxyl groups is 1. The van der Waals surface area contributed by atoms with E-state index in [1.54, 1.807) is 6.08 Å². The fourth-order valence-corrected chi connectivity index (χ4v) is 3.02. The van der Waals surface area contributed by atoms with Gasteiger partial charge < -0.3 is 28.8 Å². The molecule has 3 rings (SSSR count). The topological polar surface area (TPSA) is 141 Å². The molecule has 3 N–H and O–H groups in total. The first-order chi connectivity index (χ1) is 16.8. The van der Waals surface area contributed by atoms with Gasteiger partial charge in [0.15, 0.2) is 0 Å². The van der Waals surface area contributed by atoms with Crippen molar-refractivity contribution < 1.29 is 48.9 Å². The zero-order valence-corrected chi connectivity index (χ0v) is 22.6. The molecule has 0 unspecified atom stereocenters. The van der Waals surface area contributed by atoms with E-state index < -0.39 is 10.8 Å². The van der Waals surface area contributed by atoms with Gasteiger partial charge in [-0.1, -0.05) is 17.7 Å². The number of carbonyl (C=O) groups excluding carboxylic acids is 2. The van der Waals surface area contributed by atoms with E-state index in [1.807, 2.05) is 6.92 Å². The third-order valence-corrected chi connectivity index (χ3v) is 5.50. The average Bonchev–Trinajstić information content (AvgIpc) is 3.42. The Morgan fingerprint density at radius 2 is 1.33 bits per heavy atom. The highest BCUT2D eigenvalue weighted by Gasteiger charge is 2.46. The number of methoxy groups -OCH3 is 2. The summed E-state index contributed by atoms with van der Waals surface area (Å²) < 4.78 is 24.2. The maximum Gasteiger partial charge on any atom is 0.316 e. The van der Waals surface area contributed by atoms with Crippen LogP contribution in [0.1, 0.15) is 52.9 Å². The monoisotopic (exact) mass is 517 g/mol. The predicted molar refractivity (Wildman–Crippen MR) is 138 cm³/mol. The molecule has 0 amide bonds. The molecule has 3 saturated heterocycles. The third kappa shape index (κ3) is 14.7. The Hall–Kier alpha value is -1.76. The Balaban J connectivity index is -0.000000416. The van der Waals surface area contributed by atoms with Crippen LogP contribution in [0.5, 0.6) is 0 Å². The summed E-state index contributed by atoms with van der Waals surface area (Å²) in [5.41, 5.74) is 0.499. The lowest BCUT2D eigenvalue weighted by Crippen LogP contribution is -2.49. The highest BCUT2D eigenvalue weighted by Crippen LogP contribution is 2.34. The van der Waals surface area contributed by atoms with Crippen molar-refractivity contribution in [3.05, 3.63) is 24.3 Å². The van der Waals surface area contributed by atoms with Crippen molar-refractivity contribution in [2.24, 2.45) is 10.8 Å². The molecule has 0 bridgehead atoms. The number of hydrogen-bond donors (Lipinski definition) is 3. The van der Waals surface area contributed by atoms with E-state index in [9.17, 15) is 9.59 Å². The van der Waals surface area contributed by atoms with Crippen LogP contribution in [0.25, 0.3) is 0 Å². The lowest BCUT2D eigenvalue weighted by molar-refractivity contribution is -0.185. The minimum Gasteiger partial charge on any atom is -0.468 e. The highest BCUT2D eigenvalue weighted by atomic mass is 17.0. The SMILES string of the molecule is C1CCOC1.C=CCC1(C(=O)OC)COC1.CC=C(C)C.COC(=O)C1(CCCO)COC1.OO.[B]. The fraction of sp³-hybridized carbons (Fsp3) is 0.760. The van der Waals surface area contributed by atoms with Gasteiger partial charge in [0.2, 0.25) is 0 Å². The smallest absolute Gasteiger partial charge is 0.316 e. The first kappa shape index (κ1) is 38.8. The van der Waals surface area contributed by atoms with Crippen molar-refractivity contribution in [2.45, 2.75) is 52.9 Å². The van der Waals surface area contributed by atoms with Crippen LogP contribution in [-0.4, -0.2) is 96.4 Å². The summed E-state index contributed by atoms with van der Waals surface area (Å²) in [6.45, 7) is 13.7. The zero-order chi connectivity index (χ0) is 27.2. The summed E-state index contributed by atoms with van der Waals surface area (Å²) in [7, 11) is 2.77. The number of rotatable bonds is 7. The van der Waals surface area contributed by atoms with E-state index >= 15 is 0 Å². The predicted octanol–water partition coefficient (Wildman–Crippen LogP) is 3.11. The summed E-state index contributed by atoms with van der Waals surface area (Å²) in [5.74, 6) is -0.411. The van der Waals surface area contributed by atoms with Gasteiger partial charge in [0.25, 0.3) is 0 Å². The van der Waals surface area contributed by atoms with Gasteiger partial charge in [-0.05, 0) is 52.9 Å². The van der Waals surface area contributed by atoms with E-state index in [4.69, 9.17) is 29.8 Å². The average molecular weight is 517 g/mol. The van der Waals surface area contributed by atoms with Gasteiger partial charge in [0, 0.05) is 28.2 Å². The number of ether oxygens (including phenoxy) is 5. The highest BCUT2D eigenvalue weighted by molar-refractivity contribution is 5.78. The van der Waals surface area contributed by atoms with Crippen LogP contribution in [0, 0.1) is 10.8 Å². The maximum absolute atomic E-state index is 11.2. The van der Waals surface area contributed by atoms with Crippen molar-refractivity contribution in [2.75, 3.05) is 60.5 Å². The molecule has 0 aliphatic carbocycles. The Morgan fingerprint density at radius 3 is 1.56 bits per heavy atom. The van der Waals surface area contributed by atoms with Gasteiger partial charge in [-0.3, -0.25) is 20.1 Å². The molecule has 3 aliphatic rings. The van der Waals surface area contributed by atoms with E-state index in [0.29, 0.717) is 45.7 Å². The van der Waals surface area contributed by atoms with Crippen molar-refractivity contribution in [1.29, 1.82) is 0 Å². The Bertz CT molecular complexity index is 586. The lowest BCUT2D eigenvalue weighted by Gasteiger charge is -2.38. The largest absolute Gasteiger partial charge is 0.468 e. The first-order valence-corrected chi connectivity index (χ1v) is 11.7. The van der Waals surface area contributed by atoms with Crippen LogP contribution in [-0.2, 0) is 33.3 Å². The van der Waals surface area contributed by atoms with Crippen molar-refractivity contribution in [1.82, 2.24) is 0 Å². The molecule has 0 spiro atoms. The molecule has 10 nitrogen and oxygen atoms in total. The second-order valence-electron chi connectivity index (χ2n) is 8.53. The maximum atomic E-state index is 11.2. The van der Waals surface area contributed by atoms with Gasteiger partial charge >= 0.3 is 11.9 Å². The molecule has 0 aromatic carbocycles. The lowest BCUT2D eigenvalue weighted by atomic mass is 9.81. The number of hydrogen-bond acceptors (Lipinski definition) is 10. The van der Waals surface area contributed by atoms with E-state index in [2.05, 4.69) is 36.0 Å². The molecular weight excluding hydrogens is 471 g/mol. The molecule has 3 aliphatic heterocycles. The minimum atomic E-state index is -0.461. The minimum absolute atomic E-state index is 0. The van der Waals surface area contributed by atoms with Gasteiger partial charge in [0.1, 0.15) is 10.8 Å². The van der Waals surface area contributed by atoms with Gasteiger partial charge in [0.05, 0.1) is 40.6 Å². The van der Waals surface area contributed by atoms with Gasteiger partial charge in [-0.25, -0.2) is 0 Å². The van der Waals surface area contributed by atoms with Crippen LogP contribution in [0.3, 0.4) is 0 Å². The van der Waals surface area contributed by atoms with E-state index in [0.717, 1.165) is 13.2 Å². The first-order valence-electron chi connectivity index (χ1n) is 11.7. The standard InChI is InChI=1S/C8H14O4.C8H12O3.C5H10.C4H8O.B.H2O2/c1-11-7(10)8(3-2-4-9)5-12-6-8;1-3-4-8(5-11-6-8)7(9)10-2;1-4-5(2)3;1-2-4-5-3-1;;1-2/h9H,2-6H2,1H3;3H,1,4-6H2,2H3;4H,1-3H3;1-4H2;;1-2H. The Morgan fingerprint density at radius 1 is 0.917 bits per heavy atom. The third-order valence-electron chi connectivity index (χ3n) is 5.50. The quantitative estimate of drug-likeness (QED) is 0.152. The number of aliphatic hydroxyl groups excluding tert-OH is 1. The van der Waals surface area contributed by atoms with Crippen molar-refractivity contribution in [3.8, 4) is 0 Å². The molecule has 0 aromatic heterocycles. The molecule has 0 aromatic rings. The van der Waals surface area contributed by atoms with Gasteiger partial charge in [-0.15, -0.1) is 6.58 Å². The summed E-state index contributed by atoms with van der Waals surface area (Å²) in [6.07, 6.45) is 8.27. The summed E-state index contributed by atoms with van der Waals surface area (Å²) in [4.78, 5) is 22.4. The van der Waals surface area contributed by atoms with Crippen molar-refractivity contribution in [3.63, 3.8) is 0 Å². The normalized spacial score (nSPS) is 17.2. The van der Waals surface area contributed by atoms with Gasteiger partial charge in [-0.2, -0.15) is 0 Å². The second kappa shape index (κ2) is 23.6. The number of esters is 2. The Labute approximate surface area is 218 Å². The summed E-state index contributed by atoms with van der Waals surface area (Å²) in [5, 5.41) is 20.6.